The number of nitrogens with two attached hydrogens (primary N) is 1. The third kappa shape index (κ3) is 3.77. The molecule has 0 unspecified atom stereocenters. The van der Waals surface area contributed by atoms with E-state index in [0.29, 0.717) is 11.3 Å². The van der Waals surface area contributed by atoms with Crippen LogP contribution in [0.3, 0.4) is 0 Å². The van der Waals surface area contributed by atoms with Gasteiger partial charge in [-0.15, -0.1) is 0 Å². The predicted octanol–water partition coefficient (Wildman–Crippen LogP) is 2.64. The first kappa shape index (κ1) is 20.0. The molecule has 0 saturated carbocycles. The van der Waals surface area contributed by atoms with E-state index in [2.05, 4.69) is 15.3 Å². The summed E-state index contributed by atoms with van der Waals surface area (Å²) in [6, 6.07) is 3.24. The minimum atomic E-state index is -0.574. The van der Waals surface area contributed by atoms with Crippen LogP contribution in [-0.2, 0) is 4.79 Å². The molecule has 1 aromatic heterocycles. The number of aryl methyl sites for hydroxylation is 1. The lowest BCUT2D eigenvalue weighted by atomic mass is 9.98. The van der Waals surface area contributed by atoms with E-state index in [9.17, 15) is 14.0 Å². The molecule has 1 saturated heterocycles. The standard InChI is InChI=1S/C19H21ClFN5O2/c1-9(2)26-16(27)7-15(17(26)11-4-5-13(20)14(21)6-11)25-18(28)12-8-23-19(22)24-10(12)3/h4-6,8-9,15,17H,7H2,1-3H3,(H,25,28)(H2,22,23,24)/t15-,17+/m0/s1. The molecule has 3 rings (SSSR count). The Hall–Kier alpha value is -2.74. The Morgan fingerprint density at radius 2 is 2.14 bits per heavy atom. The van der Waals surface area contributed by atoms with Gasteiger partial charge in [-0.1, -0.05) is 17.7 Å². The van der Waals surface area contributed by atoms with Crippen LogP contribution in [0.25, 0.3) is 0 Å². The lowest BCUT2D eigenvalue weighted by Gasteiger charge is -2.32. The normalized spacial score (nSPS) is 19.4. The van der Waals surface area contributed by atoms with E-state index in [0.717, 1.165) is 0 Å². The SMILES string of the molecule is Cc1nc(N)ncc1C(=O)N[C@H]1CC(=O)N(C(C)C)[C@@H]1c1ccc(Cl)c(F)c1. The summed E-state index contributed by atoms with van der Waals surface area (Å²) in [5.74, 6) is -1.04. The number of likely N-dealkylation sites (tertiary alicyclic amines) is 1. The molecule has 9 heteroatoms. The van der Waals surface area contributed by atoms with Crippen LogP contribution in [0.1, 0.15) is 47.9 Å². The number of nitrogen functional groups attached to an aromatic ring is 1. The van der Waals surface area contributed by atoms with Crippen molar-refractivity contribution in [3.63, 3.8) is 0 Å². The molecule has 3 N–H and O–H groups in total. The van der Waals surface area contributed by atoms with Gasteiger partial charge in [0.25, 0.3) is 5.91 Å². The van der Waals surface area contributed by atoms with Gasteiger partial charge in [0, 0.05) is 18.7 Å². The molecule has 28 heavy (non-hydrogen) atoms. The summed E-state index contributed by atoms with van der Waals surface area (Å²) in [5, 5.41) is 2.88. The van der Waals surface area contributed by atoms with E-state index in [1.54, 1.807) is 17.9 Å². The van der Waals surface area contributed by atoms with Crippen molar-refractivity contribution < 1.29 is 14.0 Å². The number of nitrogens with zero attached hydrogens (tertiary/aromatic N) is 3. The van der Waals surface area contributed by atoms with Crippen LogP contribution >= 0.6 is 11.6 Å². The average molecular weight is 406 g/mol. The smallest absolute Gasteiger partial charge is 0.255 e. The van der Waals surface area contributed by atoms with Crippen molar-refractivity contribution in [2.24, 2.45) is 0 Å². The summed E-state index contributed by atoms with van der Waals surface area (Å²) in [6.07, 6.45) is 1.45. The first-order valence-corrected chi connectivity index (χ1v) is 9.23. The van der Waals surface area contributed by atoms with Gasteiger partial charge < -0.3 is 16.0 Å². The molecular formula is C19H21ClFN5O2. The van der Waals surface area contributed by atoms with Gasteiger partial charge in [-0.05, 0) is 38.5 Å². The molecule has 2 atom stereocenters. The maximum atomic E-state index is 14.1. The molecule has 0 radical (unpaired) electrons. The van der Waals surface area contributed by atoms with Crippen LogP contribution in [0.15, 0.2) is 24.4 Å². The molecule has 1 aliphatic heterocycles. The second-order valence-corrected chi connectivity index (χ2v) is 7.43. The first-order chi connectivity index (χ1) is 13.2. The maximum absolute atomic E-state index is 14.1. The highest BCUT2D eigenvalue weighted by molar-refractivity contribution is 6.30. The Labute approximate surface area is 167 Å². The van der Waals surface area contributed by atoms with Crippen molar-refractivity contribution in [2.75, 3.05) is 5.73 Å². The quantitative estimate of drug-likeness (QED) is 0.814. The van der Waals surface area contributed by atoms with Crippen molar-refractivity contribution in [3.05, 3.63) is 52.1 Å². The van der Waals surface area contributed by atoms with Gasteiger partial charge >= 0.3 is 0 Å². The van der Waals surface area contributed by atoms with E-state index in [4.69, 9.17) is 17.3 Å². The van der Waals surface area contributed by atoms with Crippen molar-refractivity contribution in [2.45, 2.75) is 45.3 Å². The zero-order valence-electron chi connectivity index (χ0n) is 15.7. The number of halogens is 2. The van der Waals surface area contributed by atoms with E-state index >= 15 is 0 Å². The zero-order valence-corrected chi connectivity index (χ0v) is 16.5. The van der Waals surface area contributed by atoms with Gasteiger partial charge in [0.2, 0.25) is 11.9 Å². The summed E-state index contributed by atoms with van der Waals surface area (Å²) < 4.78 is 14.1. The van der Waals surface area contributed by atoms with Crippen molar-refractivity contribution in [3.8, 4) is 0 Å². The van der Waals surface area contributed by atoms with Crippen LogP contribution in [0, 0.1) is 12.7 Å². The summed E-state index contributed by atoms with van der Waals surface area (Å²) >= 11 is 5.80. The fourth-order valence-electron chi connectivity index (χ4n) is 3.54. The highest BCUT2D eigenvalue weighted by Crippen LogP contribution is 2.36. The summed E-state index contributed by atoms with van der Waals surface area (Å²) in [6.45, 7) is 5.40. The molecular weight excluding hydrogens is 385 g/mol. The molecule has 2 amide bonds. The van der Waals surface area contributed by atoms with E-state index in [1.165, 1.54) is 18.3 Å². The number of aromatic nitrogens is 2. The van der Waals surface area contributed by atoms with Crippen LogP contribution in [0.2, 0.25) is 5.02 Å². The fourth-order valence-corrected chi connectivity index (χ4v) is 3.65. The lowest BCUT2D eigenvalue weighted by molar-refractivity contribution is -0.130. The Bertz CT molecular complexity index is 937. The molecule has 2 heterocycles. The topological polar surface area (TPSA) is 101 Å². The van der Waals surface area contributed by atoms with Crippen molar-refractivity contribution in [1.82, 2.24) is 20.2 Å². The Morgan fingerprint density at radius 1 is 1.43 bits per heavy atom. The van der Waals surface area contributed by atoms with Crippen LogP contribution in [-0.4, -0.2) is 38.8 Å². The summed E-state index contributed by atoms with van der Waals surface area (Å²) in [7, 11) is 0. The average Bonchev–Trinajstić information content (AvgIpc) is 2.93. The molecule has 1 aromatic carbocycles. The second kappa shape index (κ2) is 7.71. The van der Waals surface area contributed by atoms with E-state index < -0.39 is 23.8 Å². The van der Waals surface area contributed by atoms with Gasteiger partial charge in [-0.3, -0.25) is 9.59 Å². The molecule has 0 spiro atoms. The number of hydrogen-bond acceptors (Lipinski definition) is 5. The number of amides is 2. The van der Waals surface area contributed by atoms with Crippen LogP contribution in [0.5, 0.6) is 0 Å². The second-order valence-electron chi connectivity index (χ2n) is 7.02. The van der Waals surface area contributed by atoms with Gasteiger partial charge in [-0.2, -0.15) is 0 Å². The lowest BCUT2D eigenvalue weighted by Crippen LogP contribution is -2.42. The minimum absolute atomic E-state index is 0.000552. The molecule has 1 aliphatic rings. The van der Waals surface area contributed by atoms with Gasteiger partial charge in [0.05, 0.1) is 28.4 Å². The fraction of sp³-hybridized carbons (Fsp3) is 0.368. The Morgan fingerprint density at radius 3 is 2.75 bits per heavy atom. The number of benzene rings is 1. The highest BCUT2D eigenvalue weighted by Gasteiger charge is 2.43. The largest absolute Gasteiger partial charge is 0.368 e. The van der Waals surface area contributed by atoms with Gasteiger partial charge in [0.1, 0.15) is 5.82 Å². The molecule has 0 aliphatic carbocycles. The molecule has 7 nitrogen and oxygen atoms in total. The van der Waals surface area contributed by atoms with Crippen molar-refractivity contribution in [1.29, 1.82) is 0 Å². The van der Waals surface area contributed by atoms with E-state index in [1.807, 2.05) is 13.8 Å². The Balaban J connectivity index is 1.94. The number of carbonyl (C=O) groups excluding carboxylic acids is 2. The maximum Gasteiger partial charge on any atom is 0.255 e. The zero-order chi connectivity index (χ0) is 20.6. The Kier molecular flexibility index (Phi) is 5.51. The number of anilines is 1. The minimum Gasteiger partial charge on any atom is -0.368 e. The molecule has 148 valence electrons. The van der Waals surface area contributed by atoms with Crippen LogP contribution in [0.4, 0.5) is 10.3 Å². The summed E-state index contributed by atoms with van der Waals surface area (Å²) in [4.78, 5) is 34.9. The number of carbonyl (C=O) groups is 2. The number of nitrogens with one attached hydrogen (secondary N) is 1. The molecule has 2 aromatic rings. The number of hydrogen-bond donors (Lipinski definition) is 2. The van der Waals surface area contributed by atoms with E-state index in [-0.39, 0.29) is 34.9 Å². The highest BCUT2D eigenvalue weighted by atomic mass is 35.5. The van der Waals surface area contributed by atoms with Crippen LogP contribution < -0.4 is 11.1 Å². The van der Waals surface area contributed by atoms with Gasteiger partial charge in [-0.25, -0.2) is 14.4 Å². The first-order valence-electron chi connectivity index (χ1n) is 8.85. The third-order valence-electron chi connectivity index (χ3n) is 4.76. The molecule has 1 fully saturated rings. The monoisotopic (exact) mass is 405 g/mol. The van der Waals surface area contributed by atoms with Crippen molar-refractivity contribution >= 4 is 29.4 Å². The third-order valence-corrected chi connectivity index (χ3v) is 5.07. The molecule has 0 bridgehead atoms. The number of rotatable bonds is 4. The predicted molar refractivity (Wildman–Crippen MR) is 103 cm³/mol. The van der Waals surface area contributed by atoms with Gasteiger partial charge in [0.15, 0.2) is 0 Å². The summed E-state index contributed by atoms with van der Waals surface area (Å²) in [5.41, 5.74) is 6.80.